The topological polar surface area (TPSA) is 38.3 Å². The standard InChI is InChI=1S/C16H23NO2/c1-12-4-3-5-15(10-12)17-16(18)14-8-6-13(7-9-14)11-19-2/h6-9,12,15H,3-5,10-11H2,1-2H3,(H,17,18). The van der Waals surface area contributed by atoms with E-state index in [4.69, 9.17) is 4.74 Å². The molecule has 0 spiro atoms. The summed E-state index contributed by atoms with van der Waals surface area (Å²) in [4.78, 5) is 12.1. The number of rotatable bonds is 4. The first-order valence-electron chi connectivity index (χ1n) is 7.07. The average molecular weight is 261 g/mol. The number of carbonyl (C=O) groups excluding carboxylic acids is 1. The van der Waals surface area contributed by atoms with Crippen molar-refractivity contribution in [2.75, 3.05) is 7.11 Å². The maximum atomic E-state index is 12.1. The van der Waals surface area contributed by atoms with Gasteiger partial charge >= 0.3 is 0 Å². The van der Waals surface area contributed by atoms with E-state index in [1.807, 2.05) is 24.3 Å². The van der Waals surface area contributed by atoms with Gasteiger partial charge in [0, 0.05) is 18.7 Å². The van der Waals surface area contributed by atoms with Gasteiger partial charge in [-0.05, 0) is 36.5 Å². The third-order valence-electron chi connectivity index (χ3n) is 3.80. The quantitative estimate of drug-likeness (QED) is 0.904. The van der Waals surface area contributed by atoms with Crippen LogP contribution in [0.2, 0.25) is 0 Å². The van der Waals surface area contributed by atoms with E-state index in [1.165, 1.54) is 12.8 Å². The molecule has 1 aliphatic rings. The van der Waals surface area contributed by atoms with Crippen molar-refractivity contribution in [3.8, 4) is 0 Å². The zero-order valence-electron chi connectivity index (χ0n) is 11.8. The lowest BCUT2D eigenvalue weighted by atomic mass is 9.87. The Kier molecular flexibility index (Phi) is 4.97. The highest BCUT2D eigenvalue weighted by molar-refractivity contribution is 5.94. The molecule has 1 amide bonds. The van der Waals surface area contributed by atoms with Crippen LogP contribution in [0.5, 0.6) is 0 Å². The molecule has 0 aliphatic heterocycles. The lowest BCUT2D eigenvalue weighted by Crippen LogP contribution is -2.37. The fourth-order valence-corrected chi connectivity index (χ4v) is 2.75. The van der Waals surface area contributed by atoms with Crippen LogP contribution in [0.1, 0.15) is 48.5 Å². The highest BCUT2D eigenvalue weighted by Gasteiger charge is 2.20. The van der Waals surface area contributed by atoms with Crippen LogP contribution in [0.4, 0.5) is 0 Å². The van der Waals surface area contributed by atoms with Gasteiger partial charge in [-0.3, -0.25) is 4.79 Å². The Morgan fingerprint density at radius 2 is 2.05 bits per heavy atom. The van der Waals surface area contributed by atoms with Crippen molar-refractivity contribution >= 4 is 5.91 Å². The number of hydrogen-bond acceptors (Lipinski definition) is 2. The second kappa shape index (κ2) is 6.71. The van der Waals surface area contributed by atoms with Gasteiger partial charge in [-0.1, -0.05) is 31.9 Å². The molecule has 2 atom stereocenters. The van der Waals surface area contributed by atoms with Gasteiger partial charge in [0.15, 0.2) is 0 Å². The summed E-state index contributed by atoms with van der Waals surface area (Å²) in [6.07, 6.45) is 4.72. The summed E-state index contributed by atoms with van der Waals surface area (Å²) in [5.74, 6) is 0.770. The van der Waals surface area contributed by atoms with E-state index >= 15 is 0 Å². The zero-order valence-corrected chi connectivity index (χ0v) is 11.8. The predicted octanol–water partition coefficient (Wildman–Crippen LogP) is 3.14. The highest BCUT2D eigenvalue weighted by atomic mass is 16.5. The largest absolute Gasteiger partial charge is 0.380 e. The summed E-state index contributed by atoms with van der Waals surface area (Å²) in [6, 6.07) is 7.98. The van der Waals surface area contributed by atoms with E-state index in [-0.39, 0.29) is 5.91 Å². The van der Waals surface area contributed by atoms with Crippen LogP contribution in [0.25, 0.3) is 0 Å². The summed E-state index contributed by atoms with van der Waals surface area (Å²) >= 11 is 0. The Morgan fingerprint density at radius 3 is 2.68 bits per heavy atom. The molecular weight excluding hydrogens is 238 g/mol. The second-order valence-electron chi connectivity index (χ2n) is 5.57. The molecule has 2 rings (SSSR count). The molecular formula is C16H23NO2. The number of amides is 1. The van der Waals surface area contributed by atoms with Crippen molar-refractivity contribution in [1.29, 1.82) is 0 Å². The molecule has 104 valence electrons. The van der Waals surface area contributed by atoms with Crippen LogP contribution < -0.4 is 5.32 Å². The number of nitrogens with one attached hydrogen (secondary N) is 1. The van der Waals surface area contributed by atoms with Gasteiger partial charge in [0.25, 0.3) is 5.91 Å². The van der Waals surface area contributed by atoms with E-state index in [1.54, 1.807) is 7.11 Å². The molecule has 1 N–H and O–H groups in total. The maximum Gasteiger partial charge on any atom is 0.251 e. The van der Waals surface area contributed by atoms with Gasteiger partial charge < -0.3 is 10.1 Å². The van der Waals surface area contributed by atoms with Gasteiger partial charge in [-0.25, -0.2) is 0 Å². The van der Waals surface area contributed by atoms with Crippen molar-refractivity contribution in [2.24, 2.45) is 5.92 Å². The van der Waals surface area contributed by atoms with E-state index in [0.717, 1.165) is 29.9 Å². The number of carbonyl (C=O) groups is 1. The Bertz CT molecular complexity index is 413. The molecule has 3 heteroatoms. The number of ether oxygens (including phenoxy) is 1. The fraction of sp³-hybridized carbons (Fsp3) is 0.562. The lowest BCUT2D eigenvalue weighted by molar-refractivity contribution is 0.0921. The SMILES string of the molecule is COCc1ccc(C(=O)NC2CCCC(C)C2)cc1. The van der Waals surface area contributed by atoms with Crippen LogP contribution in [-0.4, -0.2) is 19.1 Å². The first-order chi connectivity index (χ1) is 9.19. The van der Waals surface area contributed by atoms with E-state index in [0.29, 0.717) is 12.6 Å². The van der Waals surface area contributed by atoms with Crippen LogP contribution in [-0.2, 0) is 11.3 Å². The minimum absolute atomic E-state index is 0.0445. The van der Waals surface area contributed by atoms with Crippen LogP contribution in [0.15, 0.2) is 24.3 Å². The molecule has 1 aromatic rings. The molecule has 0 saturated heterocycles. The summed E-state index contributed by atoms with van der Waals surface area (Å²) in [5.41, 5.74) is 1.82. The first kappa shape index (κ1) is 14.1. The maximum absolute atomic E-state index is 12.1. The molecule has 0 heterocycles. The molecule has 1 fully saturated rings. The molecule has 1 aliphatic carbocycles. The molecule has 1 saturated carbocycles. The number of benzene rings is 1. The van der Waals surface area contributed by atoms with Crippen molar-refractivity contribution in [2.45, 2.75) is 45.3 Å². The van der Waals surface area contributed by atoms with Gasteiger partial charge in [0.2, 0.25) is 0 Å². The Morgan fingerprint density at radius 1 is 1.32 bits per heavy atom. The van der Waals surface area contributed by atoms with Crippen molar-refractivity contribution in [1.82, 2.24) is 5.32 Å². The average Bonchev–Trinajstić information content (AvgIpc) is 2.40. The van der Waals surface area contributed by atoms with Gasteiger partial charge in [0.05, 0.1) is 6.61 Å². The lowest BCUT2D eigenvalue weighted by Gasteiger charge is -2.27. The smallest absolute Gasteiger partial charge is 0.251 e. The molecule has 0 bridgehead atoms. The molecule has 1 aromatic carbocycles. The van der Waals surface area contributed by atoms with Crippen LogP contribution in [0.3, 0.4) is 0 Å². The third kappa shape index (κ3) is 4.06. The van der Waals surface area contributed by atoms with Crippen LogP contribution >= 0.6 is 0 Å². The minimum Gasteiger partial charge on any atom is -0.380 e. The monoisotopic (exact) mass is 261 g/mol. The molecule has 19 heavy (non-hydrogen) atoms. The highest BCUT2D eigenvalue weighted by Crippen LogP contribution is 2.23. The molecule has 3 nitrogen and oxygen atoms in total. The van der Waals surface area contributed by atoms with Gasteiger partial charge in [0.1, 0.15) is 0 Å². The Balaban J connectivity index is 1.91. The second-order valence-corrected chi connectivity index (χ2v) is 5.57. The molecule has 0 aromatic heterocycles. The summed E-state index contributed by atoms with van der Waals surface area (Å²) in [6.45, 7) is 2.85. The molecule has 0 radical (unpaired) electrons. The third-order valence-corrected chi connectivity index (χ3v) is 3.80. The summed E-state index contributed by atoms with van der Waals surface area (Å²) in [5, 5.41) is 3.15. The Labute approximate surface area is 115 Å². The van der Waals surface area contributed by atoms with E-state index in [9.17, 15) is 4.79 Å². The van der Waals surface area contributed by atoms with Gasteiger partial charge in [-0.15, -0.1) is 0 Å². The Hall–Kier alpha value is -1.35. The van der Waals surface area contributed by atoms with Crippen molar-refractivity contribution < 1.29 is 9.53 Å². The normalized spacial score (nSPS) is 23.1. The number of hydrogen-bond donors (Lipinski definition) is 1. The minimum atomic E-state index is 0.0445. The van der Waals surface area contributed by atoms with Gasteiger partial charge in [-0.2, -0.15) is 0 Å². The fourth-order valence-electron chi connectivity index (χ4n) is 2.75. The van der Waals surface area contributed by atoms with Crippen molar-refractivity contribution in [3.05, 3.63) is 35.4 Å². The number of methoxy groups -OCH3 is 1. The van der Waals surface area contributed by atoms with E-state index in [2.05, 4.69) is 12.2 Å². The molecule has 2 unspecified atom stereocenters. The van der Waals surface area contributed by atoms with Crippen molar-refractivity contribution in [3.63, 3.8) is 0 Å². The zero-order chi connectivity index (χ0) is 13.7. The van der Waals surface area contributed by atoms with E-state index < -0.39 is 0 Å². The predicted molar refractivity (Wildman–Crippen MR) is 76.0 cm³/mol. The first-order valence-corrected chi connectivity index (χ1v) is 7.07. The van der Waals surface area contributed by atoms with Crippen LogP contribution in [0, 0.1) is 5.92 Å². The summed E-state index contributed by atoms with van der Waals surface area (Å²) in [7, 11) is 1.67. The summed E-state index contributed by atoms with van der Waals surface area (Å²) < 4.78 is 5.06.